The molecule has 1 saturated carbocycles. The second-order valence-electron chi connectivity index (χ2n) is 5.70. The SMILES string of the molecule is COc1cnc(C(=O)NC2CCCCC2)c(NC(=O)C(C)N)n1. The molecule has 0 bridgehead atoms. The number of amides is 2. The molecule has 0 saturated heterocycles. The van der Waals surface area contributed by atoms with Crippen molar-refractivity contribution in [2.45, 2.75) is 51.1 Å². The zero-order valence-electron chi connectivity index (χ0n) is 13.5. The maximum absolute atomic E-state index is 12.4. The van der Waals surface area contributed by atoms with E-state index in [1.54, 1.807) is 6.92 Å². The molecule has 126 valence electrons. The highest BCUT2D eigenvalue weighted by atomic mass is 16.5. The minimum atomic E-state index is -0.725. The molecule has 0 radical (unpaired) electrons. The molecular formula is C15H23N5O3. The van der Waals surface area contributed by atoms with Gasteiger partial charge < -0.3 is 21.1 Å². The number of methoxy groups -OCH3 is 1. The van der Waals surface area contributed by atoms with Crippen LogP contribution in [0.2, 0.25) is 0 Å². The topological polar surface area (TPSA) is 119 Å². The number of nitrogens with one attached hydrogen (secondary N) is 2. The number of hydrogen-bond acceptors (Lipinski definition) is 6. The van der Waals surface area contributed by atoms with Crippen LogP contribution in [-0.2, 0) is 4.79 Å². The average Bonchev–Trinajstić information content (AvgIpc) is 2.55. The van der Waals surface area contributed by atoms with E-state index in [0.717, 1.165) is 25.7 Å². The van der Waals surface area contributed by atoms with Crippen molar-refractivity contribution in [3.05, 3.63) is 11.9 Å². The Labute approximate surface area is 135 Å². The Balaban J connectivity index is 2.18. The molecule has 0 aliphatic heterocycles. The van der Waals surface area contributed by atoms with Gasteiger partial charge in [0.15, 0.2) is 11.5 Å². The van der Waals surface area contributed by atoms with Crippen molar-refractivity contribution in [3.63, 3.8) is 0 Å². The van der Waals surface area contributed by atoms with Gasteiger partial charge >= 0.3 is 0 Å². The molecule has 1 aromatic heterocycles. The third-order valence-corrected chi connectivity index (χ3v) is 3.77. The Morgan fingerprint density at radius 1 is 1.35 bits per heavy atom. The molecule has 1 aromatic rings. The van der Waals surface area contributed by atoms with E-state index in [0.29, 0.717) is 0 Å². The number of nitrogens with zero attached hydrogens (tertiary/aromatic N) is 2. The number of nitrogens with two attached hydrogens (primary N) is 1. The van der Waals surface area contributed by atoms with Crippen molar-refractivity contribution in [1.82, 2.24) is 15.3 Å². The molecule has 2 amide bonds. The molecule has 1 fully saturated rings. The van der Waals surface area contributed by atoms with Gasteiger partial charge in [-0.1, -0.05) is 19.3 Å². The molecule has 1 aliphatic carbocycles. The van der Waals surface area contributed by atoms with Crippen molar-refractivity contribution in [1.29, 1.82) is 0 Å². The fourth-order valence-corrected chi connectivity index (χ4v) is 2.46. The van der Waals surface area contributed by atoms with Crippen LogP contribution in [0.3, 0.4) is 0 Å². The minimum absolute atomic E-state index is 0.0555. The second-order valence-corrected chi connectivity index (χ2v) is 5.70. The Morgan fingerprint density at radius 2 is 2.04 bits per heavy atom. The molecule has 8 heteroatoms. The summed E-state index contributed by atoms with van der Waals surface area (Å²) in [6, 6.07) is -0.589. The quantitative estimate of drug-likeness (QED) is 0.739. The first-order valence-electron chi connectivity index (χ1n) is 7.79. The molecule has 1 unspecified atom stereocenters. The molecule has 0 aromatic carbocycles. The van der Waals surface area contributed by atoms with Crippen LogP contribution in [0.15, 0.2) is 6.20 Å². The number of aromatic nitrogens is 2. The van der Waals surface area contributed by atoms with Crippen LogP contribution in [-0.4, -0.2) is 41.0 Å². The lowest BCUT2D eigenvalue weighted by Crippen LogP contribution is -2.38. The smallest absolute Gasteiger partial charge is 0.273 e. The standard InChI is InChI=1S/C15H23N5O3/c1-9(16)14(21)20-13-12(17-8-11(19-13)23-2)15(22)18-10-6-4-3-5-7-10/h8-10H,3-7,16H2,1-2H3,(H,18,22)(H,19,20,21). The number of rotatable bonds is 5. The van der Waals surface area contributed by atoms with E-state index >= 15 is 0 Å². The van der Waals surface area contributed by atoms with Gasteiger partial charge in [0.1, 0.15) is 0 Å². The van der Waals surface area contributed by atoms with E-state index in [9.17, 15) is 9.59 Å². The summed E-state index contributed by atoms with van der Waals surface area (Å²) in [7, 11) is 1.43. The van der Waals surface area contributed by atoms with Gasteiger partial charge in [0.2, 0.25) is 11.8 Å². The molecule has 2 rings (SSSR count). The van der Waals surface area contributed by atoms with Crippen LogP contribution in [0.1, 0.15) is 49.5 Å². The van der Waals surface area contributed by atoms with Crippen LogP contribution < -0.4 is 21.1 Å². The summed E-state index contributed by atoms with van der Waals surface area (Å²) in [5.74, 6) is -0.537. The van der Waals surface area contributed by atoms with Crippen molar-refractivity contribution >= 4 is 17.6 Å². The van der Waals surface area contributed by atoms with E-state index in [-0.39, 0.29) is 29.3 Å². The summed E-state index contributed by atoms with van der Waals surface area (Å²) in [6.07, 6.45) is 6.66. The molecular weight excluding hydrogens is 298 g/mol. The van der Waals surface area contributed by atoms with E-state index in [1.165, 1.54) is 19.7 Å². The first kappa shape index (κ1) is 17.1. The Morgan fingerprint density at radius 3 is 2.65 bits per heavy atom. The monoisotopic (exact) mass is 321 g/mol. The molecule has 0 spiro atoms. The predicted molar refractivity (Wildman–Crippen MR) is 85.2 cm³/mol. The van der Waals surface area contributed by atoms with Crippen molar-refractivity contribution in [2.75, 3.05) is 12.4 Å². The predicted octanol–water partition coefficient (Wildman–Crippen LogP) is 0.833. The fraction of sp³-hybridized carbons (Fsp3) is 0.600. The van der Waals surface area contributed by atoms with Crippen molar-refractivity contribution < 1.29 is 14.3 Å². The Hall–Kier alpha value is -2.22. The summed E-state index contributed by atoms with van der Waals surface area (Å²) >= 11 is 0. The van der Waals surface area contributed by atoms with Gasteiger partial charge in [0.05, 0.1) is 19.3 Å². The van der Waals surface area contributed by atoms with Gasteiger partial charge in [-0.2, -0.15) is 4.98 Å². The zero-order valence-corrected chi connectivity index (χ0v) is 13.5. The van der Waals surface area contributed by atoms with E-state index in [2.05, 4.69) is 20.6 Å². The molecule has 1 aliphatic rings. The highest BCUT2D eigenvalue weighted by Crippen LogP contribution is 2.19. The van der Waals surface area contributed by atoms with Crippen LogP contribution in [0, 0.1) is 0 Å². The lowest BCUT2D eigenvalue weighted by Gasteiger charge is -2.23. The molecule has 8 nitrogen and oxygen atoms in total. The summed E-state index contributed by atoms with van der Waals surface area (Å²) in [5.41, 5.74) is 5.60. The largest absolute Gasteiger partial charge is 0.480 e. The van der Waals surface area contributed by atoms with E-state index < -0.39 is 11.9 Å². The van der Waals surface area contributed by atoms with E-state index in [1.807, 2.05) is 0 Å². The minimum Gasteiger partial charge on any atom is -0.480 e. The van der Waals surface area contributed by atoms with Gasteiger partial charge in [-0.05, 0) is 19.8 Å². The zero-order chi connectivity index (χ0) is 16.8. The van der Waals surface area contributed by atoms with Gasteiger partial charge in [0.25, 0.3) is 5.91 Å². The lowest BCUT2D eigenvalue weighted by atomic mass is 9.95. The molecule has 1 atom stereocenters. The highest BCUT2D eigenvalue weighted by molar-refractivity contribution is 6.02. The van der Waals surface area contributed by atoms with Crippen LogP contribution in [0.25, 0.3) is 0 Å². The molecule has 4 N–H and O–H groups in total. The summed E-state index contributed by atoms with van der Waals surface area (Å²) < 4.78 is 4.99. The van der Waals surface area contributed by atoms with Gasteiger partial charge in [0, 0.05) is 6.04 Å². The van der Waals surface area contributed by atoms with Crippen molar-refractivity contribution in [2.24, 2.45) is 5.73 Å². The first-order chi connectivity index (χ1) is 11.0. The van der Waals surface area contributed by atoms with Crippen LogP contribution >= 0.6 is 0 Å². The number of hydrogen-bond donors (Lipinski definition) is 3. The third kappa shape index (κ3) is 4.62. The number of carbonyl (C=O) groups is 2. The average molecular weight is 321 g/mol. The maximum atomic E-state index is 12.4. The van der Waals surface area contributed by atoms with E-state index in [4.69, 9.17) is 10.5 Å². The van der Waals surface area contributed by atoms with Crippen molar-refractivity contribution in [3.8, 4) is 5.88 Å². The first-order valence-corrected chi connectivity index (χ1v) is 7.79. The molecule has 23 heavy (non-hydrogen) atoms. The number of ether oxygens (including phenoxy) is 1. The Bertz CT molecular complexity index is 570. The number of anilines is 1. The van der Waals surface area contributed by atoms with Gasteiger partial charge in [-0.15, -0.1) is 0 Å². The normalized spacial score (nSPS) is 16.5. The fourth-order valence-electron chi connectivity index (χ4n) is 2.46. The summed E-state index contributed by atoms with van der Waals surface area (Å²) in [5, 5.41) is 5.48. The lowest BCUT2D eigenvalue weighted by molar-refractivity contribution is -0.117. The van der Waals surface area contributed by atoms with Crippen LogP contribution in [0.5, 0.6) is 5.88 Å². The summed E-state index contributed by atoms with van der Waals surface area (Å²) in [6.45, 7) is 1.55. The molecule has 1 heterocycles. The van der Waals surface area contributed by atoms with Crippen LogP contribution in [0.4, 0.5) is 5.82 Å². The summed E-state index contributed by atoms with van der Waals surface area (Å²) in [4.78, 5) is 32.4. The van der Waals surface area contributed by atoms with Gasteiger partial charge in [-0.25, -0.2) is 4.98 Å². The maximum Gasteiger partial charge on any atom is 0.273 e. The Kier molecular flexibility index (Phi) is 5.86. The third-order valence-electron chi connectivity index (χ3n) is 3.77. The second kappa shape index (κ2) is 7.87. The number of carbonyl (C=O) groups excluding carboxylic acids is 2. The van der Waals surface area contributed by atoms with Gasteiger partial charge in [-0.3, -0.25) is 9.59 Å². The highest BCUT2D eigenvalue weighted by Gasteiger charge is 2.22.